The number of nitrogens with one attached hydrogen (secondary N) is 1. The summed E-state index contributed by atoms with van der Waals surface area (Å²) in [5, 5.41) is 10.8. The molecule has 2 atom stereocenters. The molecule has 1 aliphatic rings. The highest BCUT2D eigenvalue weighted by Gasteiger charge is 2.36. The minimum Gasteiger partial charge on any atom is -0.320 e. The number of carbonyl (C=O) groups excluding carboxylic acids is 3. The molecule has 1 saturated heterocycles. The van der Waals surface area contributed by atoms with Gasteiger partial charge in [-0.05, 0) is 13.3 Å². The van der Waals surface area contributed by atoms with Gasteiger partial charge in [0.2, 0.25) is 17.7 Å². The van der Waals surface area contributed by atoms with Gasteiger partial charge in [0.05, 0.1) is 6.07 Å². The van der Waals surface area contributed by atoms with E-state index in [9.17, 15) is 14.4 Å². The van der Waals surface area contributed by atoms with Crippen LogP contribution in [0.3, 0.4) is 0 Å². The lowest BCUT2D eigenvalue weighted by Gasteiger charge is -2.33. The molecule has 0 bridgehead atoms. The summed E-state index contributed by atoms with van der Waals surface area (Å²) in [6, 6.07) is 1.15. The largest absolute Gasteiger partial charge is 0.320 e. The Morgan fingerprint density at radius 1 is 1.69 bits per heavy atom. The molecule has 2 unspecified atom stereocenters. The predicted molar refractivity (Wildman–Crippen MR) is 53.7 cm³/mol. The Balaban J connectivity index is 2.91. The molecule has 0 aromatic heterocycles. The number of hydrogen-bond donors (Lipinski definition) is 1. The zero-order valence-electron chi connectivity index (χ0n) is 9.19. The molecular weight excluding hydrogens is 210 g/mol. The van der Waals surface area contributed by atoms with E-state index in [-0.39, 0.29) is 6.54 Å². The molecule has 1 heterocycles. The van der Waals surface area contributed by atoms with Gasteiger partial charge in [0.15, 0.2) is 0 Å². The van der Waals surface area contributed by atoms with E-state index in [4.69, 9.17) is 5.26 Å². The van der Waals surface area contributed by atoms with Crippen LogP contribution in [0.15, 0.2) is 0 Å². The van der Waals surface area contributed by atoms with Gasteiger partial charge in [0, 0.05) is 0 Å². The van der Waals surface area contributed by atoms with E-state index in [1.54, 1.807) is 13.0 Å². The van der Waals surface area contributed by atoms with Gasteiger partial charge >= 0.3 is 0 Å². The molecule has 0 aliphatic carbocycles. The van der Waals surface area contributed by atoms with E-state index >= 15 is 0 Å². The normalized spacial score (nSPS) is 22.3. The first-order chi connectivity index (χ1) is 7.51. The van der Waals surface area contributed by atoms with Gasteiger partial charge in [0.1, 0.15) is 18.5 Å². The first-order valence-electron chi connectivity index (χ1n) is 5.05. The number of piperazine rings is 1. The topological polar surface area (TPSA) is 90.3 Å². The van der Waals surface area contributed by atoms with Crippen LogP contribution in [-0.2, 0) is 14.4 Å². The Kier molecular flexibility index (Phi) is 3.61. The number of carbonyl (C=O) groups is 3. The summed E-state index contributed by atoms with van der Waals surface area (Å²) in [5.74, 6) is -2.30. The van der Waals surface area contributed by atoms with Crippen LogP contribution in [0, 0.1) is 17.2 Å². The lowest BCUT2D eigenvalue weighted by molar-refractivity contribution is -0.151. The van der Waals surface area contributed by atoms with Gasteiger partial charge in [-0.15, -0.1) is 0 Å². The van der Waals surface area contributed by atoms with Gasteiger partial charge < -0.3 is 4.90 Å². The summed E-state index contributed by atoms with van der Waals surface area (Å²) in [7, 11) is 0. The molecule has 6 heteroatoms. The van der Waals surface area contributed by atoms with Crippen LogP contribution in [0.4, 0.5) is 0 Å². The fourth-order valence-corrected chi connectivity index (χ4v) is 1.61. The van der Waals surface area contributed by atoms with Crippen molar-refractivity contribution in [3.63, 3.8) is 0 Å². The van der Waals surface area contributed by atoms with E-state index < -0.39 is 29.7 Å². The average Bonchev–Trinajstić information content (AvgIpc) is 2.26. The molecule has 0 aromatic carbocycles. The number of amides is 3. The summed E-state index contributed by atoms with van der Waals surface area (Å²) in [6.07, 6.45) is 0.420. The van der Waals surface area contributed by atoms with Crippen molar-refractivity contribution in [3.8, 4) is 6.07 Å². The van der Waals surface area contributed by atoms with Crippen molar-refractivity contribution in [2.45, 2.75) is 26.3 Å². The standard InChI is InChI=1S/C10H13N3O3/c1-3-7-9(15)12-8(14)5-13(7)10(16)6(2)4-11/h6-7H,3,5H2,1-2H3,(H,12,14,15). The maximum atomic E-state index is 11.8. The molecule has 0 spiro atoms. The monoisotopic (exact) mass is 223 g/mol. The second kappa shape index (κ2) is 4.75. The minimum absolute atomic E-state index is 0.158. The molecule has 1 N–H and O–H groups in total. The van der Waals surface area contributed by atoms with Crippen LogP contribution in [0.1, 0.15) is 20.3 Å². The van der Waals surface area contributed by atoms with Crippen molar-refractivity contribution in [2.24, 2.45) is 5.92 Å². The summed E-state index contributed by atoms with van der Waals surface area (Å²) >= 11 is 0. The van der Waals surface area contributed by atoms with E-state index in [2.05, 4.69) is 5.32 Å². The zero-order valence-corrected chi connectivity index (χ0v) is 9.19. The Labute approximate surface area is 93.2 Å². The second-order valence-electron chi connectivity index (χ2n) is 3.65. The molecule has 6 nitrogen and oxygen atoms in total. The van der Waals surface area contributed by atoms with Gasteiger partial charge in [-0.3, -0.25) is 19.7 Å². The van der Waals surface area contributed by atoms with Crippen LogP contribution >= 0.6 is 0 Å². The van der Waals surface area contributed by atoms with Crippen molar-refractivity contribution >= 4 is 17.7 Å². The van der Waals surface area contributed by atoms with Crippen molar-refractivity contribution in [1.82, 2.24) is 10.2 Å². The number of hydrogen-bond acceptors (Lipinski definition) is 4. The first kappa shape index (κ1) is 12.2. The van der Waals surface area contributed by atoms with Crippen LogP contribution in [-0.4, -0.2) is 35.2 Å². The fraction of sp³-hybridized carbons (Fsp3) is 0.600. The van der Waals surface area contributed by atoms with Crippen LogP contribution in [0.2, 0.25) is 0 Å². The molecule has 0 radical (unpaired) electrons. The molecule has 0 saturated carbocycles. The maximum Gasteiger partial charge on any atom is 0.249 e. The number of nitrogens with zero attached hydrogens (tertiary/aromatic N) is 2. The molecule has 86 valence electrons. The van der Waals surface area contributed by atoms with Gasteiger partial charge in [-0.1, -0.05) is 6.92 Å². The van der Waals surface area contributed by atoms with Crippen LogP contribution in [0.25, 0.3) is 0 Å². The summed E-state index contributed by atoms with van der Waals surface area (Å²) in [5.41, 5.74) is 0. The Morgan fingerprint density at radius 3 is 2.81 bits per heavy atom. The minimum atomic E-state index is -0.840. The van der Waals surface area contributed by atoms with Gasteiger partial charge in [-0.2, -0.15) is 5.26 Å². The maximum absolute atomic E-state index is 11.8. The van der Waals surface area contributed by atoms with Crippen LogP contribution in [0.5, 0.6) is 0 Å². The number of imide groups is 1. The van der Waals surface area contributed by atoms with Crippen molar-refractivity contribution in [3.05, 3.63) is 0 Å². The van der Waals surface area contributed by atoms with Crippen LogP contribution < -0.4 is 5.32 Å². The zero-order chi connectivity index (χ0) is 12.3. The number of rotatable bonds is 2. The average molecular weight is 223 g/mol. The highest BCUT2D eigenvalue weighted by Crippen LogP contribution is 2.12. The third-order valence-electron chi connectivity index (χ3n) is 2.49. The molecule has 1 fully saturated rings. The predicted octanol–water partition coefficient (Wildman–Crippen LogP) is -0.590. The molecule has 3 amide bonds. The third kappa shape index (κ3) is 2.19. The highest BCUT2D eigenvalue weighted by molar-refractivity contribution is 6.04. The molecule has 0 aromatic rings. The third-order valence-corrected chi connectivity index (χ3v) is 2.49. The molecule has 1 aliphatic heterocycles. The highest BCUT2D eigenvalue weighted by atomic mass is 16.2. The molecule has 1 rings (SSSR count). The summed E-state index contributed by atoms with van der Waals surface area (Å²) in [4.78, 5) is 35.5. The summed E-state index contributed by atoms with van der Waals surface area (Å²) < 4.78 is 0. The quantitative estimate of drug-likeness (QED) is 0.633. The Morgan fingerprint density at radius 2 is 2.31 bits per heavy atom. The van der Waals surface area contributed by atoms with Crippen molar-refractivity contribution < 1.29 is 14.4 Å². The van der Waals surface area contributed by atoms with Crippen molar-refractivity contribution in [2.75, 3.05) is 6.54 Å². The Bertz CT molecular complexity index is 372. The Hall–Kier alpha value is -1.90. The van der Waals surface area contributed by atoms with Crippen molar-refractivity contribution in [1.29, 1.82) is 5.26 Å². The second-order valence-corrected chi connectivity index (χ2v) is 3.65. The lowest BCUT2D eigenvalue weighted by Crippen LogP contribution is -2.60. The fourth-order valence-electron chi connectivity index (χ4n) is 1.61. The number of nitriles is 1. The van der Waals surface area contributed by atoms with E-state index in [0.717, 1.165) is 0 Å². The summed E-state index contributed by atoms with van der Waals surface area (Å²) in [6.45, 7) is 3.04. The van der Waals surface area contributed by atoms with E-state index in [0.29, 0.717) is 6.42 Å². The SMILES string of the molecule is CCC1C(=O)NC(=O)CN1C(=O)C(C)C#N. The first-order valence-corrected chi connectivity index (χ1v) is 5.05. The molecular formula is C10H13N3O3. The van der Waals surface area contributed by atoms with Gasteiger partial charge in [-0.25, -0.2) is 0 Å². The van der Waals surface area contributed by atoms with E-state index in [1.807, 2.05) is 0 Å². The molecule has 16 heavy (non-hydrogen) atoms. The smallest absolute Gasteiger partial charge is 0.249 e. The lowest BCUT2D eigenvalue weighted by atomic mass is 10.1. The van der Waals surface area contributed by atoms with E-state index in [1.165, 1.54) is 11.8 Å². The van der Waals surface area contributed by atoms with Gasteiger partial charge in [0.25, 0.3) is 0 Å².